The van der Waals surface area contributed by atoms with Gasteiger partial charge < -0.3 is 10.2 Å². The maximum Gasteiger partial charge on any atom is 0.251 e. The number of hydrogen-bond donors (Lipinski definition) is 1. The molecule has 0 atom stereocenters. The molecule has 0 radical (unpaired) electrons. The van der Waals surface area contributed by atoms with Crippen LogP contribution in [0.15, 0.2) is 54.6 Å². The predicted octanol–water partition coefficient (Wildman–Crippen LogP) is 2.55. The zero-order valence-electron chi connectivity index (χ0n) is 16.0. The summed E-state index contributed by atoms with van der Waals surface area (Å²) in [6.45, 7) is 3.30. The lowest BCUT2D eigenvalue weighted by Gasteiger charge is -2.34. The van der Waals surface area contributed by atoms with Gasteiger partial charge in [0, 0.05) is 38.3 Å². The normalized spacial score (nSPS) is 14.9. The number of carbonyl (C=O) groups is 2. The SMILES string of the molecule is O=C(NCC(=O)N1CCN(C/C=C/c2ccccc2)CC1)c1ccc(F)c(F)c1. The molecule has 1 aliphatic heterocycles. The third kappa shape index (κ3) is 5.96. The van der Waals surface area contributed by atoms with Crippen LogP contribution in [0, 0.1) is 11.6 Å². The standard InChI is InChI=1S/C22H23F2N3O2/c23-19-9-8-18(15-20(19)24)22(29)25-16-21(28)27-13-11-26(12-14-27)10-4-7-17-5-2-1-3-6-17/h1-9,15H,10-14,16H2,(H,25,29)/b7-4+. The summed E-state index contributed by atoms with van der Waals surface area (Å²) in [6.07, 6.45) is 4.18. The van der Waals surface area contributed by atoms with Gasteiger partial charge in [0.05, 0.1) is 6.54 Å². The zero-order valence-corrected chi connectivity index (χ0v) is 16.0. The van der Waals surface area contributed by atoms with Crippen LogP contribution in [-0.2, 0) is 4.79 Å². The molecule has 7 heteroatoms. The number of carbonyl (C=O) groups excluding carboxylic acids is 2. The van der Waals surface area contributed by atoms with E-state index in [0.29, 0.717) is 13.1 Å². The Kier molecular flexibility index (Phi) is 7.08. The number of rotatable bonds is 6. The van der Waals surface area contributed by atoms with Crippen LogP contribution in [0.25, 0.3) is 6.08 Å². The highest BCUT2D eigenvalue weighted by molar-refractivity contribution is 5.96. The van der Waals surface area contributed by atoms with Gasteiger partial charge in [-0.25, -0.2) is 8.78 Å². The molecule has 1 aliphatic rings. The van der Waals surface area contributed by atoms with Crippen molar-refractivity contribution in [1.82, 2.24) is 15.1 Å². The largest absolute Gasteiger partial charge is 0.343 e. The van der Waals surface area contributed by atoms with E-state index in [-0.39, 0.29) is 18.0 Å². The first-order valence-corrected chi connectivity index (χ1v) is 9.48. The van der Waals surface area contributed by atoms with E-state index in [1.807, 2.05) is 30.3 Å². The number of piperazine rings is 1. The number of nitrogens with zero attached hydrogens (tertiary/aromatic N) is 2. The Bertz CT molecular complexity index is 879. The van der Waals surface area contributed by atoms with Gasteiger partial charge in [0.1, 0.15) is 0 Å². The maximum atomic E-state index is 13.2. The van der Waals surface area contributed by atoms with Crippen molar-refractivity contribution < 1.29 is 18.4 Å². The van der Waals surface area contributed by atoms with Gasteiger partial charge >= 0.3 is 0 Å². The smallest absolute Gasteiger partial charge is 0.251 e. The molecular formula is C22H23F2N3O2. The van der Waals surface area contributed by atoms with Gasteiger partial charge in [-0.2, -0.15) is 0 Å². The van der Waals surface area contributed by atoms with Crippen molar-refractivity contribution >= 4 is 17.9 Å². The minimum absolute atomic E-state index is 0.0216. The molecule has 0 unspecified atom stereocenters. The highest BCUT2D eigenvalue weighted by Gasteiger charge is 2.21. The number of nitrogens with one attached hydrogen (secondary N) is 1. The zero-order chi connectivity index (χ0) is 20.6. The summed E-state index contributed by atoms with van der Waals surface area (Å²) in [6, 6.07) is 12.9. The number of hydrogen-bond acceptors (Lipinski definition) is 3. The molecule has 29 heavy (non-hydrogen) atoms. The molecule has 0 saturated carbocycles. The topological polar surface area (TPSA) is 52.7 Å². The Labute approximate surface area is 168 Å². The maximum absolute atomic E-state index is 13.2. The molecule has 2 aromatic carbocycles. The fourth-order valence-electron chi connectivity index (χ4n) is 3.09. The Hall–Kier alpha value is -3.06. The number of amides is 2. The second-order valence-corrected chi connectivity index (χ2v) is 6.81. The van der Waals surface area contributed by atoms with E-state index in [1.165, 1.54) is 6.07 Å². The minimum atomic E-state index is -1.10. The summed E-state index contributed by atoms with van der Waals surface area (Å²) in [5.74, 6) is -2.92. The molecule has 3 rings (SSSR count). The molecule has 1 heterocycles. The van der Waals surface area contributed by atoms with E-state index in [1.54, 1.807) is 4.90 Å². The summed E-state index contributed by atoms with van der Waals surface area (Å²) < 4.78 is 26.2. The molecule has 1 fully saturated rings. The van der Waals surface area contributed by atoms with Gasteiger partial charge in [0.2, 0.25) is 5.91 Å². The first kappa shape index (κ1) is 20.7. The van der Waals surface area contributed by atoms with Crippen molar-refractivity contribution in [2.24, 2.45) is 0 Å². The summed E-state index contributed by atoms with van der Waals surface area (Å²) in [5.41, 5.74) is 1.13. The Morgan fingerprint density at radius 1 is 0.966 bits per heavy atom. The molecular weight excluding hydrogens is 376 g/mol. The lowest BCUT2D eigenvalue weighted by Crippen LogP contribution is -2.51. The summed E-state index contributed by atoms with van der Waals surface area (Å²) >= 11 is 0. The second kappa shape index (κ2) is 9.93. The predicted molar refractivity (Wildman–Crippen MR) is 107 cm³/mol. The highest BCUT2D eigenvalue weighted by atomic mass is 19.2. The molecule has 0 aliphatic carbocycles. The summed E-state index contributed by atoms with van der Waals surface area (Å²) in [7, 11) is 0. The van der Waals surface area contributed by atoms with Crippen molar-refractivity contribution in [3.05, 3.63) is 77.4 Å². The van der Waals surface area contributed by atoms with E-state index in [9.17, 15) is 18.4 Å². The Morgan fingerprint density at radius 3 is 2.38 bits per heavy atom. The van der Waals surface area contributed by atoms with Crippen LogP contribution in [0.1, 0.15) is 15.9 Å². The van der Waals surface area contributed by atoms with Crippen molar-refractivity contribution in [1.29, 1.82) is 0 Å². The third-order valence-electron chi connectivity index (χ3n) is 4.78. The third-order valence-corrected chi connectivity index (χ3v) is 4.78. The van der Waals surface area contributed by atoms with Crippen LogP contribution < -0.4 is 5.32 Å². The average Bonchev–Trinajstić information content (AvgIpc) is 2.75. The fraction of sp³-hybridized carbons (Fsp3) is 0.273. The monoisotopic (exact) mass is 399 g/mol. The van der Waals surface area contributed by atoms with Crippen molar-refractivity contribution in [2.45, 2.75) is 0 Å². The van der Waals surface area contributed by atoms with E-state index >= 15 is 0 Å². The lowest BCUT2D eigenvalue weighted by molar-refractivity contribution is -0.131. The van der Waals surface area contributed by atoms with Crippen LogP contribution in [0.3, 0.4) is 0 Å². The fourth-order valence-corrected chi connectivity index (χ4v) is 3.09. The van der Waals surface area contributed by atoms with Crippen LogP contribution in [0.4, 0.5) is 8.78 Å². The summed E-state index contributed by atoms with van der Waals surface area (Å²) in [4.78, 5) is 28.3. The molecule has 152 valence electrons. The molecule has 0 aromatic heterocycles. The van der Waals surface area contributed by atoms with E-state index in [4.69, 9.17) is 0 Å². The van der Waals surface area contributed by atoms with Crippen molar-refractivity contribution in [3.8, 4) is 0 Å². The van der Waals surface area contributed by atoms with E-state index < -0.39 is 17.5 Å². The minimum Gasteiger partial charge on any atom is -0.343 e. The van der Waals surface area contributed by atoms with E-state index in [0.717, 1.165) is 37.3 Å². The van der Waals surface area contributed by atoms with Gasteiger partial charge in [-0.1, -0.05) is 42.5 Å². The first-order valence-electron chi connectivity index (χ1n) is 9.48. The molecule has 2 amide bonds. The van der Waals surface area contributed by atoms with Crippen molar-refractivity contribution in [3.63, 3.8) is 0 Å². The quantitative estimate of drug-likeness (QED) is 0.812. The van der Waals surface area contributed by atoms with E-state index in [2.05, 4.69) is 22.4 Å². The van der Waals surface area contributed by atoms with Gasteiger partial charge in [-0.05, 0) is 23.8 Å². The first-order chi connectivity index (χ1) is 14.0. The number of benzene rings is 2. The van der Waals surface area contributed by atoms with Gasteiger partial charge in [-0.3, -0.25) is 14.5 Å². The number of halogens is 2. The Morgan fingerprint density at radius 2 is 1.69 bits per heavy atom. The molecule has 5 nitrogen and oxygen atoms in total. The van der Waals surface area contributed by atoms with Crippen LogP contribution >= 0.6 is 0 Å². The molecule has 2 aromatic rings. The van der Waals surface area contributed by atoms with Crippen LogP contribution in [-0.4, -0.2) is 60.9 Å². The van der Waals surface area contributed by atoms with Gasteiger partial charge in [-0.15, -0.1) is 0 Å². The van der Waals surface area contributed by atoms with Gasteiger partial charge in [0.15, 0.2) is 11.6 Å². The van der Waals surface area contributed by atoms with Gasteiger partial charge in [0.25, 0.3) is 5.91 Å². The second-order valence-electron chi connectivity index (χ2n) is 6.81. The molecule has 1 saturated heterocycles. The van der Waals surface area contributed by atoms with Crippen molar-refractivity contribution in [2.75, 3.05) is 39.3 Å². The van der Waals surface area contributed by atoms with Crippen LogP contribution in [0.2, 0.25) is 0 Å². The van der Waals surface area contributed by atoms with Crippen LogP contribution in [0.5, 0.6) is 0 Å². The molecule has 0 spiro atoms. The summed E-state index contributed by atoms with van der Waals surface area (Å²) in [5, 5.41) is 2.46. The average molecular weight is 399 g/mol. The lowest BCUT2D eigenvalue weighted by atomic mass is 10.2. The molecule has 0 bridgehead atoms. The molecule has 1 N–H and O–H groups in total. The Balaban J connectivity index is 1.40. The highest BCUT2D eigenvalue weighted by Crippen LogP contribution is 2.09.